The molecule has 2 atom stereocenters. The highest BCUT2D eigenvalue weighted by Crippen LogP contribution is 2.38. The largest absolute Gasteiger partial charge is 0.325 e. The predicted molar refractivity (Wildman–Crippen MR) is 99.9 cm³/mol. The summed E-state index contributed by atoms with van der Waals surface area (Å²) in [5.74, 6) is -0.512. The topological polar surface area (TPSA) is 82.1 Å². The summed E-state index contributed by atoms with van der Waals surface area (Å²) in [6, 6.07) is 9.24. The number of nitrogens with one attached hydrogen (secondary N) is 1. The molecule has 27 heavy (non-hydrogen) atoms. The first-order valence-corrected chi connectivity index (χ1v) is 9.58. The van der Waals surface area contributed by atoms with Gasteiger partial charge in [-0.1, -0.05) is 50.1 Å². The second-order valence-corrected chi connectivity index (χ2v) is 7.62. The first kappa shape index (κ1) is 17.7. The second kappa shape index (κ2) is 6.79. The summed E-state index contributed by atoms with van der Waals surface area (Å²) in [5, 5.41) is 8.65. The molecule has 2 aliphatic heterocycles. The molecule has 1 N–H and O–H groups in total. The summed E-state index contributed by atoms with van der Waals surface area (Å²) in [6.07, 6.45) is 4.19. The van der Waals surface area contributed by atoms with Crippen LogP contribution in [0.5, 0.6) is 0 Å². The van der Waals surface area contributed by atoms with Crippen LogP contribution in [-0.2, 0) is 9.59 Å². The van der Waals surface area contributed by atoms with Gasteiger partial charge in [-0.2, -0.15) is 5.10 Å². The van der Waals surface area contributed by atoms with E-state index in [1.165, 1.54) is 5.01 Å². The van der Waals surface area contributed by atoms with Crippen molar-refractivity contribution in [2.24, 2.45) is 11.0 Å². The zero-order valence-electron chi connectivity index (χ0n) is 15.5. The summed E-state index contributed by atoms with van der Waals surface area (Å²) < 4.78 is 0. The van der Waals surface area contributed by atoms with Crippen molar-refractivity contribution in [3.63, 3.8) is 0 Å². The van der Waals surface area contributed by atoms with Crippen molar-refractivity contribution in [1.29, 1.82) is 0 Å². The number of carbonyl (C=O) groups is 3. The van der Waals surface area contributed by atoms with Gasteiger partial charge in [-0.05, 0) is 24.3 Å². The van der Waals surface area contributed by atoms with Crippen LogP contribution in [0.4, 0.5) is 4.79 Å². The molecule has 4 rings (SSSR count). The zero-order chi connectivity index (χ0) is 19.0. The van der Waals surface area contributed by atoms with Crippen molar-refractivity contribution in [2.75, 3.05) is 13.1 Å². The normalized spacial score (nSPS) is 27.9. The van der Waals surface area contributed by atoms with Crippen molar-refractivity contribution in [1.82, 2.24) is 15.2 Å². The number of rotatable bonds is 3. The lowest BCUT2D eigenvalue weighted by Crippen LogP contribution is -2.54. The molecule has 1 spiro atoms. The maximum Gasteiger partial charge on any atom is 0.325 e. The van der Waals surface area contributed by atoms with E-state index >= 15 is 0 Å². The minimum atomic E-state index is -0.834. The molecule has 1 aliphatic carbocycles. The molecule has 3 aliphatic rings. The molecule has 2 fully saturated rings. The van der Waals surface area contributed by atoms with Crippen LogP contribution < -0.4 is 5.32 Å². The zero-order valence-corrected chi connectivity index (χ0v) is 15.5. The lowest BCUT2D eigenvalue weighted by molar-refractivity contribution is -0.140. The highest BCUT2D eigenvalue weighted by atomic mass is 16.2. The molecule has 7 heteroatoms. The van der Waals surface area contributed by atoms with Crippen LogP contribution in [0.15, 0.2) is 35.4 Å². The Morgan fingerprint density at radius 2 is 2.04 bits per heavy atom. The van der Waals surface area contributed by atoms with Gasteiger partial charge in [0.2, 0.25) is 0 Å². The van der Waals surface area contributed by atoms with E-state index in [4.69, 9.17) is 0 Å². The molecular formula is C20H24N4O3. The number of imide groups is 1. The van der Waals surface area contributed by atoms with E-state index in [2.05, 4.69) is 10.4 Å². The number of hydrogen-bond donors (Lipinski definition) is 1. The van der Waals surface area contributed by atoms with Crippen LogP contribution in [0, 0.1) is 5.92 Å². The fraction of sp³-hybridized carbons (Fsp3) is 0.500. The minimum Gasteiger partial charge on any atom is -0.323 e. The van der Waals surface area contributed by atoms with Gasteiger partial charge >= 0.3 is 6.03 Å². The second-order valence-electron chi connectivity index (χ2n) is 7.62. The number of hydrogen-bond acceptors (Lipinski definition) is 4. The molecule has 1 aromatic rings. The Bertz CT molecular complexity index is 807. The molecule has 4 amide bonds. The summed E-state index contributed by atoms with van der Waals surface area (Å²) >= 11 is 0. The molecule has 1 saturated carbocycles. The van der Waals surface area contributed by atoms with Crippen molar-refractivity contribution in [2.45, 2.75) is 44.6 Å². The lowest BCUT2D eigenvalue weighted by atomic mass is 9.73. The van der Waals surface area contributed by atoms with Gasteiger partial charge in [0.25, 0.3) is 11.8 Å². The Hall–Kier alpha value is -2.70. The van der Waals surface area contributed by atoms with Crippen molar-refractivity contribution >= 4 is 23.6 Å². The van der Waals surface area contributed by atoms with Crippen LogP contribution in [0.1, 0.15) is 44.6 Å². The van der Waals surface area contributed by atoms with Crippen molar-refractivity contribution < 1.29 is 14.4 Å². The van der Waals surface area contributed by atoms with Gasteiger partial charge in [-0.25, -0.2) is 9.80 Å². The highest BCUT2D eigenvalue weighted by Gasteiger charge is 2.55. The number of benzene rings is 1. The van der Waals surface area contributed by atoms with Crippen LogP contribution in [0.3, 0.4) is 0 Å². The molecule has 2 heterocycles. The van der Waals surface area contributed by atoms with Crippen LogP contribution >= 0.6 is 0 Å². The number of urea groups is 1. The van der Waals surface area contributed by atoms with Crippen molar-refractivity contribution in [3.05, 3.63) is 35.9 Å². The SMILES string of the molecule is C[C@@H]1CCCC[C@@]12NC(=O)N(CC(=O)N1CCC(c3ccccc3)=N1)C2=O. The Morgan fingerprint density at radius 1 is 1.26 bits per heavy atom. The maximum absolute atomic E-state index is 13.0. The van der Waals surface area contributed by atoms with Crippen molar-refractivity contribution in [3.8, 4) is 0 Å². The summed E-state index contributed by atoms with van der Waals surface area (Å²) in [4.78, 5) is 39.1. The predicted octanol–water partition coefficient (Wildman–Crippen LogP) is 2.12. The summed E-state index contributed by atoms with van der Waals surface area (Å²) in [5.41, 5.74) is 0.996. The summed E-state index contributed by atoms with van der Waals surface area (Å²) in [6.45, 7) is 2.21. The first-order valence-electron chi connectivity index (χ1n) is 9.58. The van der Waals surface area contributed by atoms with E-state index in [-0.39, 0.29) is 24.3 Å². The van der Waals surface area contributed by atoms with Crippen LogP contribution in [0.2, 0.25) is 0 Å². The number of nitrogens with zero attached hydrogens (tertiary/aromatic N) is 3. The Labute approximate surface area is 158 Å². The fourth-order valence-electron chi connectivity index (χ4n) is 4.33. The number of amides is 4. The standard InChI is InChI=1S/C20H24N4O3/c1-14-7-5-6-11-20(14)18(26)23(19(27)21-20)13-17(25)24-12-10-16(22-24)15-8-3-2-4-9-15/h2-4,8-9,14H,5-7,10-13H2,1H3,(H,21,27)/t14-,20-/m1/s1. The average Bonchev–Trinajstić information content (AvgIpc) is 3.25. The molecule has 0 bridgehead atoms. The average molecular weight is 368 g/mol. The van der Waals surface area contributed by atoms with Gasteiger partial charge in [0.15, 0.2) is 0 Å². The Kier molecular flexibility index (Phi) is 4.45. The lowest BCUT2D eigenvalue weighted by Gasteiger charge is -2.36. The minimum absolute atomic E-state index is 0.0808. The van der Waals surface area contributed by atoms with Crippen LogP contribution in [0.25, 0.3) is 0 Å². The van der Waals surface area contributed by atoms with E-state index < -0.39 is 11.6 Å². The number of hydrazone groups is 1. The van der Waals surface area contributed by atoms with Gasteiger partial charge in [-0.15, -0.1) is 0 Å². The number of carbonyl (C=O) groups excluding carboxylic acids is 3. The highest BCUT2D eigenvalue weighted by molar-refractivity contribution is 6.09. The van der Waals surface area contributed by atoms with Crippen LogP contribution in [-0.4, -0.2) is 52.1 Å². The van der Waals surface area contributed by atoms with Gasteiger partial charge in [-0.3, -0.25) is 14.5 Å². The van der Waals surface area contributed by atoms with Gasteiger partial charge in [0.05, 0.1) is 12.3 Å². The molecule has 0 radical (unpaired) electrons. The smallest absolute Gasteiger partial charge is 0.323 e. The van der Waals surface area contributed by atoms with E-state index in [0.717, 1.165) is 35.4 Å². The molecule has 7 nitrogen and oxygen atoms in total. The summed E-state index contributed by atoms with van der Waals surface area (Å²) in [7, 11) is 0. The third-order valence-corrected chi connectivity index (χ3v) is 5.99. The van der Waals surface area contributed by atoms with E-state index in [1.54, 1.807) is 0 Å². The van der Waals surface area contributed by atoms with E-state index in [0.29, 0.717) is 19.4 Å². The molecule has 1 saturated heterocycles. The first-order chi connectivity index (χ1) is 13.0. The Morgan fingerprint density at radius 3 is 2.78 bits per heavy atom. The molecule has 142 valence electrons. The Balaban J connectivity index is 1.46. The molecular weight excluding hydrogens is 344 g/mol. The molecule has 1 aromatic carbocycles. The third kappa shape index (κ3) is 3.01. The monoisotopic (exact) mass is 368 g/mol. The fourth-order valence-corrected chi connectivity index (χ4v) is 4.33. The van der Waals surface area contributed by atoms with Gasteiger partial charge < -0.3 is 5.32 Å². The quantitative estimate of drug-likeness (QED) is 0.830. The van der Waals surface area contributed by atoms with Gasteiger partial charge in [0, 0.05) is 6.42 Å². The molecule has 0 unspecified atom stereocenters. The van der Waals surface area contributed by atoms with Gasteiger partial charge in [0.1, 0.15) is 12.1 Å². The van der Waals surface area contributed by atoms with E-state index in [9.17, 15) is 14.4 Å². The molecule has 0 aromatic heterocycles. The van der Waals surface area contributed by atoms with E-state index in [1.807, 2.05) is 37.3 Å². The maximum atomic E-state index is 13.0. The third-order valence-electron chi connectivity index (χ3n) is 5.99.